The first-order valence-corrected chi connectivity index (χ1v) is 9.31. The second kappa shape index (κ2) is 7.66. The average Bonchev–Trinajstić information content (AvgIpc) is 3.15. The van der Waals surface area contributed by atoms with Gasteiger partial charge in [-0.1, -0.05) is 24.3 Å². The van der Waals surface area contributed by atoms with E-state index in [1.807, 2.05) is 42.5 Å². The molecule has 2 heterocycles. The van der Waals surface area contributed by atoms with Crippen LogP contribution in [0.4, 0.5) is 5.82 Å². The second-order valence-corrected chi connectivity index (χ2v) is 6.75. The van der Waals surface area contributed by atoms with Gasteiger partial charge in [0.2, 0.25) is 0 Å². The van der Waals surface area contributed by atoms with Crippen molar-refractivity contribution in [1.29, 1.82) is 0 Å². The van der Waals surface area contributed by atoms with Gasteiger partial charge in [-0.2, -0.15) is 4.37 Å². The van der Waals surface area contributed by atoms with Crippen LogP contribution in [-0.2, 0) is 0 Å². The molecule has 2 aromatic heterocycles. The number of ether oxygens (including phenoxy) is 2. The van der Waals surface area contributed by atoms with E-state index >= 15 is 0 Å². The van der Waals surface area contributed by atoms with Crippen molar-refractivity contribution >= 4 is 33.5 Å². The molecule has 7 heteroatoms. The summed E-state index contributed by atoms with van der Waals surface area (Å²) in [5, 5.41) is 3.67. The summed E-state index contributed by atoms with van der Waals surface area (Å²) in [6, 6.07) is 16.7. The molecule has 0 spiro atoms. The van der Waals surface area contributed by atoms with Crippen molar-refractivity contribution in [2.24, 2.45) is 0 Å². The van der Waals surface area contributed by atoms with Crippen LogP contribution in [0.1, 0.15) is 10.4 Å². The number of carbonyl (C=O) groups is 1. The maximum absolute atomic E-state index is 12.5. The molecule has 0 fully saturated rings. The van der Waals surface area contributed by atoms with Crippen LogP contribution in [0.2, 0.25) is 0 Å². The summed E-state index contributed by atoms with van der Waals surface area (Å²) in [6.07, 6.45) is 1.78. The summed E-state index contributed by atoms with van der Waals surface area (Å²) in [4.78, 5) is 17.7. The van der Waals surface area contributed by atoms with Crippen LogP contribution < -0.4 is 14.8 Å². The van der Waals surface area contributed by atoms with Crippen LogP contribution in [0, 0.1) is 0 Å². The molecule has 0 unspecified atom stereocenters. The predicted octanol–water partition coefficient (Wildman–Crippen LogP) is 4.63. The van der Waals surface area contributed by atoms with E-state index in [1.165, 1.54) is 11.5 Å². The van der Waals surface area contributed by atoms with Gasteiger partial charge in [-0.3, -0.25) is 4.79 Å². The van der Waals surface area contributed by atoms with Crippen LogP contribution >= 0.6 is 11.5 Å². The smallest absolute Gasteiger partial charge is 0.256 e. The third kappa shape index (κ3) is 3.39. The molecule has 0 atom stereocenters. The number of anilines is 1. The zero-order valence-electron chi connectivity index (χ0n) is 15.3. The number of hydrogen-bond acceptors (Lipinski definition) is 6. The van der Waals surface area contributed by atoms with Gasteiger partial charge in [0, 0.05) is 17.3 Å². The minimum Gasteiger partial charge on any atom is -0.493 e. The normalized spacial score (nSPS) is 10.6. The van der Waals surface area contributed by atoms with Crippen molar-refractivity contribution in [2.75, 3.05) is 19.5 Å². The minimum atomic E-state index is -0.204. The number of fused-ring (bicyclic) bond motifs is 1. The van der Waals surface area contributed by atoms with E-state index in [9.17, 15) is 4.79 Å². The number of hydrogen-bond donors (Lipinski definition) is 1. The maximum Gasteiger partial charge on any atom is 0.256 e. The van der Waals surface area contributed by atoms with Crippen LogP contribution in [0.25, 0.3) is 21.3 Å². The lowest BCUT2D eigenvalue weighted by Crippen LogP contribution is -2.11. The van der Waals surface area contributed by atoms with Gasteiger partial charge >= 0.3 is 0 Å². The van der Waals surface area contributed by atoms with E-state index in [2.05, 4.69) is 14.7 Å². The molecular formula is C21H17N3O3S. The number of amides is 1. The second-order valence-electron chi connectivity index (χ2n) is 6.00. The van der Waals surface area contributed by atoms with Gasteiger partial charge in [-0.15, -0.1) is 0 Å². The molecule has 0 aliphatic rings. The van der Waals surface area contributed by atoms with Crippen LogP contribution in [0.15, 0.2) is 60.8 Å². The zero-order valence-corrected chi connectivity index (χ0v) is 16.1. The molecule has 0 aliphatic carbocycles. The number of aromatic nitrogens is 2. The first kappa shape index (κ1) is 17.9. The van der Waals surface area contributed by atoms with E-state index in [1.54, 1.807) is 32.5 Å². The number of carbonyl (C=O) groups excluding carboxylic acids is 1. The molecule has 4 rings (SSSR count). The Labute approximate surface area is 165 Å². The molecule has 1 N–H and O–H groups in total. The molecule has 4 aromatic rings. The molecule has 0 saturated heterocycles. The average molecular weight is 391 g/mol. The largest absolute Gasteiger partial charge is 0.493 e. The molecular weight excluding hydrogens is 374 g/mol. The fourth-order valence-corrected chi connectivity index (χ4v) is 3.54. The van der Waals surface area contributed by atoms with Gasteiger partial charge < -0.3 is 14.8 Å². The summed E-state index contributed by atoms with van der Waals surface area (Å²) in [6.45, 7) is 0. The van der Waals surface area contributed by atoms with Crippen molar-refractivity contribution in [3.63, 3.8) is 0 Å². The van der Waals surface area contributed by atoms with E-state index in [0.29, 0.717) is 22.9 Å². The SMILES string of the molecule is COc1ccc(-c2cnc3snc(NC(=O)c4ccccc4)c3c2)cc1OC. The van der Waals surface area contributed by atoms with E-state index < -0.39 is 0 Å². The fourth-order valence-electron chi connectivity index (χ4n) is 2.87. The predicted molar refractivity (Wildman–Crippen MR) is 110 cm³/mol. The minimum absolute atomic E-state index is 0.204. The lowest BCUT2D eigenvalue weighted by atomic mass is 10.1. The Hall–Kier alpha value is -3.45. The Morgan fingerprint density at radius 2 is 1.75 bits per heavy atom. The van der Waals surface area contributed by atoms with E-state index in [-0.39, 0.29) is 5.91 Å². The van der Waals surface area contributed by atoms with Gasteiger partial charge in [0.15, 0.2) is 17.3 Å². The zero-order chi connectivity index (χ0) is 19.5. The van der Waals surface area contributed by atoms with Crippen molar-refractivity contribution < 1.29 is 14.3 Å². The number of nitrogens with one attached hydrogen (secondary N) is 1. The summed E-state index contributed by atoms with van der Waals surface area (Å²) in [5.74, 6) is 1.60. The first-order chi connectivity index (χ1) is 13.7. The molecule has 2 aromatic carbocycles. The first-order valence-electron chi connectivity index (χ1n) is 8.54. The molecule has 0 radical (unpaired) electrons. The summed E-state index contributed by atoms with van der Waals surface area (Å²) >= 11 is 1.25. The van der Waals surface area contributed by atoms with Gasteiger partial charge in [-0.05, 0) is 47.4 Å². The summed E-state index contributed by atoms with van der Waals surface area (Å²) in [7, 11) is 3.20. The Balaban J connectivity index is 1.69. The van der Waals surface area contributed by atoms with Gasteiger partial charge in [0.1, 0.15) is 4.83 Å². The number of pyridine rings is 1. The van der Waals surface area contributed by atoms with E-state index in [4.69, 9.17) is 9.47 Å². The lowest BCUT2D eigenvalue weighted by molar-refractivity contribution is 0.102. The fraction of sp³-hybridized carbons (Fsp3) is 0.0952. The highest BCUT2D eigenvalue weighted by Crippen LogP contribution is 2.34. The van der Waals surface area contributed by atoms with Crippen LogP contribution in [0.3, 0.4) is 0 Å². The molecule has 140 valence electrons. The highest BCUT2D eigenvalue weighted by Gasteiger charge is 2.14. The molecule has 28 heavy (non-hydrogen) atoms. The maximum atomic E-state index is 12.5. The van der Waals surface area contributed by atoms with Crippen molar-refractivity contribution in [3.05, 3.63) is 66.4 Å². The number of nitrogens with zero attached hydrogens (tertiary/aromatic N) is 2. The lowest BCUT2D eigenvalue weighted by Gasteiger charge is -2.10. The summed E-state index contributed by atoms with van der Waals surface area (Å²) < 4.78 is 15.0. The van der Waals surface area contributed by atoms with Crippen LogP contribution in [-0.4, -0.2) is 29.5 Å². The Morgan fingerprint density at radius 1 is 0.964 bits per heavy atom. The van der Waals surface area contributed by atoms with Crippen molar-refractivity contribution in [1.82, 2.24) is 9.36 Å². The van der Waals surface area contributed by atoms with Crippen molar-refractivity contribution in [2.45, 2.75) is 0 Å². The molecule has 0 saturated carbocycles. The standard InChI is InChI=1S/C21H17N3O3S/c1-26-17-9-8-14(11-18(17)27-2)15-10-16-19(24-28-21(16)22-12-15)23-20(25)13-6-4-3-5-7-13/h3-12H,1-2H3,(H,23,24,25). The van der Waals surface area contributed by atoms with Gasteiger partial charge in [-0.25, -0.2) is 4.98 Å². The highest BCUT2D eigenvalue weighted by molar-refractivity contribution is 7.13. The molecule has 0 aliphatic heterocycles. The number of methoxy groups -OCH3 is 2. The van der Waals surface area contributed by atoms with E-state index in [0.717, 1.165) is 21.3 Å². The quantitative estimate of drug-likeness (QED) is 0.537. The molecule has 6 nitrogen and oxygen atoms in total. The topological polar surface area (TPSA) is 73.3 Å². The number of benzene rings is 2. The Bertz CT molecular complexity index is 1140. The molecule has 0 bridgehead atoms. The Kier molecular flexibility index (Phi) is 4.90. The highest BCUT2D eigenvalue weighted by atomic mass is 32.1. The third-order valence-corrected chi connectivity index (χ3v) is 5.09. The summed E-state index contributed by atoms with van der Waals surface area (Å²) in [5.41, 5.74) is 2.40. The van der Waals surface area contributed by atoms with Gasteiger partial charge in [0.05, 0.1) is 19.6 Å². The monoisotopic (exact) mass is 391 g/mol. The van der Waals surface area contributed by atoms with Crippen LogP contribution in [0.5, 0.6) is 11.5 Å². The number of rotatable bonds is 5. The third-order valence-electron chi connectivity index (χ3n) is 4.31. The Morgan fingerprint density at radius 3 is 2.50 bits per heavy atom. The molecule has 1 amide bonds. The van der Waals surface area contributed by atoms with Gasteiger partial charge in [0.25, 0.3) is 5.91 Å². The van der Waals surface area contributed by atoms with Crippen molar-refractivity contribution in [3.8, 4) is 22.6 Å².